The molecular weight excluding hydrogens is 266 g/mol. The maximum Gasteiger partial charge on any atom is 0.137 e. The molecule has 0 fully saturated rings. The van der Waals surface area contributed by atoms with E-state index in [0.29, 0.717) is 0 Å². The summed E-state index contributed by atoms with van der Waals surface area (Å²) in [6, 6.07) is 12.6. The number of imidazole rings is 1. The van der Waals surface area contributed by atoms with Crippen LogP contribution in [0.25, 0.3) is 16.9 Å². The smallest absolute Gasteiger partial charge is 0.137 e. The third-order valence-corrected chi connectivity index (χ3v) is 4.05. The van der Waals surface area contributed by atoms with Crippen LogP contribution in [-0.2, 0) is 0 Å². The number of hydrogen-bond donors (Lipinski definition) is 0. The zero-order chi connectivity index (χ0) is 14.1. The van der Waals surface area contributed by atoms with E-state index in [2.05, 4.69) is 69.3 Å². The van der Waals surface area contributed by atoms with Crippen molar-refractivity contribution in [2.75, 3.05) is 25.3 Å². The maximum absolute atomic E-state index is 4.67. The van der Waals surface area contributed by atoms with Gasteiger partial charge < -0.3 is 9.30 Å². The number of nitrogens with zero attached hydrogens (tertiary/aromatic N) is 3. The molecule has 4 heteroatoms. The fourth-order valence-corrected chi connectivity index (χ4v) is 2.58. The third-order valence-electron chi connectivity index (χ3n) is 3.34. The molecule has 0 aliphatic rings. The zero-order valence-corrected chi connectivity index (χ0v) is 12.7. The second kappa shape index (κ2) is 5.21. The van der Waals surface area contributed by atoms with E-state index in [1.807, 2.05) is 14.1 Å². The normalized spacial score (nSPS) is 10.9. The topological polar surface area (TPSA) is 20.5 Å². The highest BCUT2D eigenvalue weighted by Crippen LogP contribution is 2.23. The van der Waals surface area contributed by atoms with Crippen LogP contribution in [0, 0.1) is 0 Å². The lowest BCUT2D eigenvalue weighted by atomic mass is 10.1. The summed E-state index contributed by atoms with van der Waals surface area (Å²) >= 11 is 1.74. The molecule has 2 heterocycles. The van der Waals surface area contributed by atoms with E-state index < -0.39 is 0 Å². The van der Waals surface area contributed by atoms with E-state index in [4.69, 9.17) is 0 Å². The molecule has 0 radical (unpaired) electrons. The fourth-order valence-electron chi connectivity index (χ4n) is 2.16. The Labute approximate surface area is 123 Å². The molecule has 102 valence electrons. The summed E-state index contributed by atoms with van der Waals surface area (Å²) in [6.07, 6.45) is 6.28. The van der Waals surface area contributed by atoms with Crippen molar-refractivity contribution in [3.63, 3.8) is 0 Å². The van der Waals surface area contributed by atoms with Crippen LogP contribution in [0.4, 0.5) is 5.69 Å². The molecule has 0 spiro atoms. The van der Waals surface area contributed by atoms with Gasteiger partial charge in [-0.1, -0.05) is 12.1 Å². The van der Waals surface area contributed by atoms with Crippen LogP contribution in [0.5, 0.6) is 0 Å². The van der Waals surface area contributed by atoms with Crippen LogP contribution in [-0.4, -0.2) is 29.7 Å². The minimum Gasteiger partial charge on any atom is -0.378 e. The van der Waals surface area contributed by atoms with Crippen LogP contribution < -0.4 is 4.90 Å². The predicted octanol–water partition coefficient (Wildman–Crippen LogP) is 3.79. The Balaban J connectivity index is 2.01. The summed E-state index contributed by atoms with van der Waals surface area (Å²) in [4.78, 5) is 8.01. The zero-order valence-electron chi connectivity index (χ0n) is 11.9. The lowest BCUT2D eigenvalue weighted by molar-refractivity contribution is 1.13. The van der Waals surface area contributed by atoms with E-state index in [1.54, 1.807) is 11.8 Å². The van der Waals surface area contributed by atoms with Gasteiger partial charge in [0.15, 0.2) is 0 Å². The SMILES string of the molecule is CSc1ccc2nc(-c3ccc(N(C)C)cc3)cn2c1. The Morgan fingerprint density at radius 3 is 2.40 bits per heavy atom. The Morgan fingerprint density at radius 1 is 1.00 bits per heavy atom. The Kier molecular flexibility index (Phi) is 3.40. The monoisotopic (exact) mass is 283 g/mol. The second-order valence-corrected chi connectivity index (χ2v) is 5.78. The average Bonchev–Trinajstić information content (AvgIpc) is 2.90. The van der Waals surface area contributed by atoms with Crippen LogP contribution in [0.3, 0.4) is 0 Å². The van der Waals surface area contributed by atoms with Gasteiger partial charge in [-0.05, 0) is 30.5 Å². The number of thioether (sulfide) groups is 1. The van der Waals surface area contributed by atoms with Gasteiger partial charge in [0, 0.05) is 42.6 Å². The summed E-state index contributed by atoms with van der Waals surface area (Å²) in [6.45, 7) is 0. The first-order valence-corrected chi connectivity index (χ1v) is 7.70. The highest BCUT2D eigenvalue weighted by Gasteiger charge is 2.05. The van der Waals surface area contributed by atoms with Crippen molar-refractivity contribution in [3.05, 3.63) is 48.8 Å². The molecule has 0 N–H and O–H groups in total. The summed E-state index contributed by atoms with van der Waals surface area (Å²) in [7, 11) is 4.09. The Morgan fingerprint density at radius 2 is 1.75 bits per heavy atom. The number of rotatable bonds is 3. The predicted molar refractivity (Wildman–Crippen MR) is 86.7 cm³/mol. The van der Waals surface area contributed by atoms with E-state index in [9.17, 15) is 0 Å². The third kappa shape index (κ3) is 2.39. The van der Waals surface area contributed by atoms with Crippen molar-refractivity contribution in [1.82, 2.24) is 9.38 Å². The largest absolute Gasteiger partial charge is 0.378 e. The number of hydrogen-bond acceptors (Lipinski definition) is 3. The Bertz CT molecular complexity index is 729. The second-order valence-electron chi connectivity index (χ2n) is 4.90. The molecule has 0 saturated heterocycles. The van der Waals surface area contributed by atoms with Gasteiger partial charge in [0.2, 0.25) is 0 Å². The molecule has 3 nitrogen and oxygen atoms in total. The standard InChI is InChI=1S/C16H17N3S/c1-18(2)13-6-4-12(5-7-13)15-11-19-10-14(20-3)8-9-16(19)17-15/h4-11H,1-3H3. The number of anilines is 1. The summed E-state index contributed by atoms with van der Waals surface area (Å²) < 4.78 is 2.08. The quantitative estimate of drug-likeness (QED) is 0.682. The molecule has 0 unspecified atom stereocenters. The molecule has 0 aliphatic heterocycles. The maximum atomic E-state index is 4.67. The van der Waals surface area contributed by atoms with Gasteiger partial charge in [-0.15, -0.1) is 11.8 Å². The van der Waals surface area contributed by atoms with Crippen molar-refractivity contribution in [1.29, 1.82) is 0 Å². The van der Waals surface area contributed by atoms with Gasteiger partial charge in [0.05, 0.1) is 5.69 Å². The van der Waals surface area contributed by atoms with Crippen LogP contribution in [0.1, 0.15) is 0 Å². The fraction of sp³-hybridized carbons (Fsp3) is 0.188. The highest BCUT2D eigenvalue weighted by molar-refractivity contribution is 7.98. The van der Waals surface area contributed by atoms with Gasteiger partial charge in [0.25, 0.3) is 0 Å². The van der Waals surface area contributed by atoms with E-state index in [0.717, 1.165) is 16.9 Å². The van der Waals surface area contributed by atoms with Crippen molar-refractivity contribution >= 4 is 23.1 Å². The first-order valence-electron chi connectivity index (χ1n) is 6.48. The molecular formula is C16H17N3S. The van der Waals surface area contributed by atoms with Gasteiger partial charge in [-0.3, -0.25) is 0 Å². The van der Waals surface area contributed by atoms with Crippen molar-refractivity contribution in [2.45, 2.75) is 4.90 Å². The summed E-state index contributed by atoms with van der Waals surface area (Å²) in [5.74, 6) is 0. The number of aromatic nitrogens is 2. The van der Waals surface area contributed by atoms with Crippen LogP contribution in [0.2, 0.25) is 0 Å². The molecule has 20 heavy (non-hydrogen) atoms. The Hall–Kier alpha value is -1.94. The number of fused-ring (bicyclic) bond motifs is 1. The van der Waals surface area contributed by atoms with Gasteiger partial charge >= 0.3 is 0 Å². The summed E-state index contributed by atoms with van der Waals surface area (Å²) in [5, 5.41) is 0. The number of pyridine rings is 1. The molecule has 0 bridgehead atoms. The van der Waals surface area contributed by atoms with Crippen molar-refractivity contribution < 1.29 is 0 Å². The first-order chi connectivity index (χ1) is 9.67. The molecule has 3 aromatic rings. The lowest BCUT2D eigenvalue weighted by Gasteiger charge is -2.12. The summed E-state index contributed by atoms with van der Waals surface area (Å²) in [5.41, 5.74) is 4.33. The van der Waals surface area contributed by atoms with Crippen LogP contribution in [0.15, 0.2) is 53.7 Å². The number of benzene rings is 1. The molecule has 0 atom stereocenters. The molecule has 0 saturated carbocycles. The van der Waals surface area contributed by atoms with E-state index >= 15 is 0 Å². The van der Waals surface area contributed by atoms with E-state index in [1.165, 1.54) is 10.6 Å². The van der Waals surface area contributed by atoms with Crippen LogP contribution >= 0.6 is 11.8 Å². The molecule has 0 amide bonds. The van der Waals surface area contributed by atoms with Gasteiger partial charge in [-0.2, -0.15) is 0 Å². The van der Waals surface area contributed by atoms with Crippen molar-refractivity contribution in [2.24, 2.45) is 0 Å². The average molecular weight is 283 g/mol. The highest BCUT2D eigenvalue weighted by atomic mass is 32.2. The lowest BCUT2D eigenvalue weighted by Crippen LogP contribution is -2.07. The van der Waals surface area contributed by atoms with Gasteiger partial charge in [-0.25, -0.2) is 4.98 Å². The molecule has 3 rings (SSSR count). The van der Waals surface area contributed by atoms with Gasteiger partial charge in [0.1, 0.15) is 5.65 Å². The minimum absolute atomic E-state index is 0.981. The molecule has 1 aromatic carbocycles. The first kappa shape index (κ1) is 13.1. The molecule has 2 aromatic heterocycles. The van der Waals surface area contributed by atoms with E-state index in [-0.39, 0.29) is 0 Å². The molecule has 0 aliphatic carbocycles. The minimum atomic E-state index is 0.981. The van der Waals surface area contributed by atoms with Crippen molar-refractivity contribution in [3.8, 4) is 11.3 Å².